The Hall–Kier alpha value is -2.29. The average Bonchev–Trinajstić information content (AvgIpc) is 2.49. The van der Waals surface area contributed by atoms with Crippen molar-refractivity contribution in [2.75, 3.05) is 0 Å². The number of non-ortho nitro benzene ring substituents is 1. The Kier molecular flexibility index (Phi) is 3.65. The average molecular weight is 393 g/mol. The van der Waals surface area contributed by atoms with Crippen molar-refractivity contribution in [1.29, 1.82) is 0 Å². The van der Waals surface area contributed by atoms with E-state index in [0.29, 0.717) is 16.5 Å². The first kappa shape index (κ1) is 13.7. The van der Waals surface area contributed by atoms with Gasteiger partial charge in [0.1, 0.15) is 5.75 Å². The first-order valence-electron chi connectivity index (χ1n) is 5.96. The van der Waals surface area contributed by atoms with E-state index in [9.17, 15) is 10.1 Å². The van der Waals surface area contributed by atoms with Gasteiger partial charge in [-0.15, -0.1) is 0 Å². The Balaban J connectivity index is 2.09. The fourth-order valence-corrected chi connectivity index (χ4v) is 2.23. The van der Waals surface area contributed by atoms with Crippen molar-refractivity contribution < 1.29 is 9.66 Å². The van der Waals surface area contributed by atoms with E-state index in [1.54, 1.807) is 42.7 Å². The van der Waals surface area contributed by atoms with Crippen LogP contribution in [-0.2, 0) is 0 Å². The number of ether oxygens (including phenoxy) is 1. The highest BCUT2D eigenvalue weighted by Gasteiger charge is 2.15. The van der Waals surface area contributed by atoms with Crippen LogP contribution in [0.25, 0.3) is 10.8 Å². The molecule has 0 N–H and O–H groups in total. The number of aromatic nitrogens is 2. The second-order valence-electron chi connectivity index (χ2n) is 4.17. The molecule has 0 fully saturated rings. The highest BCUT2D eigenvalue weighted by molar-refractivity contribution is 14.1. The first-order chi connectivity index (χ1) is 10.1. The molecule has 21 heavy (non-hydrogen) atoms. The summed E-state index contributed by atoms with van der Waals surface area (Å²) < 4.78 is 6.53. The summed E-state index contributed by atoms with van der Waals surface area (Å²) in [6.45, 7) is 0. The highest BCUT2D eigenvalue weighted by atomic mass is 127. The Morgan fingerprint density at radius 3 is 2.38 bits per heavy atom. The third-order valence-electron chi connectivity index (χ3n) is 2.86. The van der Waals surface area contributed by atoms with E-state index in [1.807, 2.05) is 0 Å². The maximum atomic E-state index is 11.1. The van der Waals surface area contributed by atoms with Crippen LogP contribution in [0.4, 0.5) is 5.69 Å². The van der Waals surface area contributed by atoms with E-state index >= 15 is 0 Å². The molecule has 0 aliphatic carbocycles. The number of benzene rings is 2. The van der Waals surface area contributed by atoms with Gasteiger partial charge in [0.15, 0.2) is 0 Å². The lowest BCUT2D eigenvalue weighted by Crippen LogP contribution is -1.94. The third-order valence-corrected chi connectivity index (χ3v) is 3.41. The minimum atomic E-state index is -0.409. The van der Waals surface area contributed by atoms with Crippen LogP contribution in [0, 0.1) is 13.7 Å². The fraction of sp³-hybridized carbons (Fsp3) is 0. The molecule has 0 bridgehead atoms. The number of rotatable bonds is 3. The van der Waals surface area contributed by atoms with E-state index in [0.717, 1.165) is 3.57 Å². The summed E-state index contributed by atoms with van der Waals surface area (Å²) in [4.78, 5) is 18.8. The largest absolute Gasteiger partial charge is 0.424 e. The van der Waals surface area contributed by atoms with Crippen molar-refractivity contribution in [2.24, 2.45) is 0 Å². The van der Waals surface area contributed by atoms with E-state index in [4.69, 9.17) is 4.74 Å². The van der Waals surface area contributed by atoms with Gasteiger partial charge in [0.05, 0.1) is 10.3 Å². The lowest BCUT2D eigenvalue weighted by atomic mass is 10.1. The molecular weight excluding hydrogens is 385 g/mol. The predicted octanol–water partition coefficient (Wildman–Crippen LogP) is 3.93. The zero-order valence-electron chi connectivity index (χ0n) is 10.6. The molecule has 0 spiro atoms. The zero-order valence-corrected chi connectivity index (χ0v) is 12.7. The predicted molar refractivity (Wildman–Crippen MR) is 85.4 cm³/mol. The van der Waals surface area contributed by atoms with Gasteiger partial charge in [0.2, 0.25) is 0 Å². The summed E-state index contributed by atoms with van der Waals surface area (Å²) in [7, 11) is 0. The molecule has 0 unspecified atom stereocenters. The monoisotopic (exact) mass is 393 g/mol. The second kappa shape index (κ2) is 5.60. The number of nitrogens with zero attached hydrogens (tertiary/aromatic N) is 3. The van der Waals surface area contributed by atoms with Crippen molar-refractivity contribution in [1.82, 2.24) is 9.97 Å². The molecule has 0 saturated heterocycles. The van der Waals surface area contributed by atoms with E-state index in [1.165, 1.54) is 6.07 Å². The van der Waals surface area contributed by atoms with Gasteiger partial charge in [0, 0.05) is 27.4 Å². The van der Waals surface area contributed by atoms with E-state index < -0.39 is 4.92 Å². The quantitative estimate of drug-likeness (QED) is 0.383. The van der Waals surface area contributed by atoms with Crippen molar-refractivity contribution in [3.05, 3.63) is 62.5 Å². The molecule has 1 aromatic heterocycles. The maximum Gasteiger partial charge on any atom is 0.321 e. The molecule has 3 rings (SSSR count). The van der Waals surface area contributed by atoms with Crippen molar-refractivity contribution in [3.8, 4) is 11.8 Å². The van der Waals surface area contributed by atoms with Gasteiger partial charge in [-0.2, -0.15) is 0 Å². The summed E-state index contributed by atoms with van der Waals surface area (Å²) in [6.07, 6.45) is 3.27. The van der Waals surface area contributed by atoms with Crippen LogP contribution in [0.15, 0.2) is 48.8 Å². The number of hydrogen-bond donors (Lipinski definition) is 0. The fourth-order valence-electron chi connectivity index (χ4n) is 1.96. The van der Waals surface area contributed by atoms with Crippen molar-refractivity contribution in [3.63, 3.8) is 0 Å². The van der Waals surface area contributed by atoms with Crippen LogP contribution in [0.5, 0.6) is 11.8 Å². The molecule has 0 aliphatic heterocycles. The standard InChI is InChI=1S/C14H8IN3O3/c15-9-7-16-14(17-8-9)21-13-6-5-12(18(19)20)10-3-1-2-4-11(10)13/h1-8H. The van der Waals surface area contributed by atoms with Gasteiger partial charge >= 0.3 is 6.01 Å². The van der Waals surface area contributed by atoms with E-state index in [2.05, 4.69) is 32.6 Å². The number of halogens is 1. The first-order valence-corrected chi connectivity index (χ1v) is 7.04. The number of fused-ring (bicyclic) bond motifs is 1. The lowest BCUT2D eigenvalue weighted by molar-refractivity contribution is -0.383. The molecule has 0 aliphatic rings. The molecular formula is C14H8IN3O3. The van der Waals surface area contributed by atoms with Gasteiger partial charge in [-0.25, -0.2) is 9.97 Å². The molecule has 0 amide bonds. The van der Waals surface area contributed by atoms with Crippen LogP contribution in [0.3, 0.4) is 0 Å². The topological polar surface area (TPSA) is 78.2 Å². The van der Waals surface area contributed by atoms with Gasteiger partial charge in [-0.3, -0.25) is 10.1 Å². The molecule has 0 radical (unpaired) electrons. The van der Waals surface area contributed by atoms with E-state index in [-0.39, 0.29) is 11.7 Å². The smallest absolute Gasteiger partial charge is 0.321 e. The Labute approximate surface area is 133 Å². The molecule has 1 heterocycles. The second-order valence-corrected chi connectivity index (χ2v) is 5.42. The Bertz CT molecular complexity index is 821. The molecule has 2 aromatic carbocycles. The SMILES string of the molecule is O=[N+]([O-])c1ccc(Oc2ncc(I)cn2)c2ccccc12. The summed E-state index contributed by atoms with van der Waals surface area (Å²) in [5, 5.41) is 12.2. The van der Waals surface area contributed by atoms with Gasteiger partial charge in [-0.05, 0) is 34.7 Å². The van der Waals surface area contributed by atoms with Gasteiger partial charge in [-0.1, -0.05) is 18.2 Å². The molecule has 6 nitrogen and oxygen atoms in total. The van der Waals surface area contributed by atoms with Crippen LogP contribution >= 0.6 is 22.6 Å². The van der Waals surface area contributed by atoms with Crippen molar-refractivity contribution in [2.45, 2.75) is 0 Å². The van der Waals surface area contributed by atoms with Crippen LogP contribution in [0.1, 0.15) is 0 Å². The molecule has 0 saturated carbocycles. The summed E-state index contributed by atoms with van der Waals surface area (Å²) in [5.74, 6) is 0.484. The van der Waals surface area contributed by atoms with Crippen LogP contribution in [-0.4, -0.2) is 14.9 Å². The lowest BCUT2D eigenvalue weighted by Gasteiger charge is -2.07. The molecule has 7 heteroatoms. The maximum absolute atomic E-state index is 11.1. The number of hydrogen-bond acceptors (Lipinski definition) is 5. The minimum absolute atomic E-state index is 0.0430. The van der Waals surface area contributed by atoms with Gasteiger partial charge < -0.3 is 4.74 Å². The normalized spacial score (nSPS) is 10.5. The number of nitro benzene ring substituents is 1. The zero-order chi connectivity index (χ0) is 14.8. The molecule has 3 aromatic rings. The van der Waals surface area contributed by atoms with Crippen LogP contribution in [0.2, 0.25) is 0 Å². The Morgan fingerprint density at radius 2 is 1.71 bits per heavy atom. The molecule has 104 valence electrons. The Morgan fingerprint density at radius 1 is 1.05 bits per heavy atom. The van der Waals surface area contributed by atoms with Gasteiger partial charge in [0.25, 0.3) is 5.69 Å². The number of nitro groups is 1. The third kappa shape index (κ3) is 2.77. The molecule has 0 atom stereocenters. The minimum Gasteiger partial charge on any atom is -0.424 e. The van der Waals surface area contributed by atoms with Crippen LogP contribution < -0.4 is 4.74 Å². The highest BCUT2D eigenvalue weighted by Crippen LogP contribution is 2.34. The summed E-state index contributed by atoms with van der Waals surface area (Å²) >= 11 is 2.10. The summed E-state index contributed by atoms with van der Waals surface area (Å²) in [6, 6.07) is 10.2. The van der Waals surface area contributed by atoms with Crippen molar-refractivity contribution >= 4 is 39.1 Å². The summed E-state index contributed by atoms with van der Waals surface area (Å²) in [5.41, 5.74) is 0.0430.